The molecular weight excluding hydrogens is 322 g/mol. The number of fused-ring (bicyclic) bond motifs is 1. The molecule has 4 heteroatoms. The monoisotopic (exact) mass is 353 g/mol. The largest absolute Gasteiger partial charge is 0.321 e. The summed E-state index contributed by atoms with van der Waals surface area (Å²) in [5.74, 6) is 0. The molecule has 2 aromatic rings. The van der Waals surface area contributed by atoms with Crippen LogP contribution in [0, 0.1) is 13.8 Å². The molecule has 2 heterocycles. The van der Waals surface area contributed by atoms with Gasteiger partial charge in [0.25, 0.3) is 5.56 Å². The molecule has 1 aromatic carbocycles. The van der Waals surface area contributed by atoms with Crippen LogP contribution in [-0.2, 0) is 6.54 Å². The highest BCUT2D eigenvalue weighted by Gasteiger charge is 2.24. The second-order valence-corrected chi connectivity index (χ2v) is 8.27. The first-order valence-corrected chi connectivity index (χ1v) is 10.2. The Labute approximate surface area is 156 Å². The molecule has 4 rings (SSSR count). The van der Waals surface area contributed by atoms with Gasteiger partial charge < -0.3 is 4.98 Å². The van der Waals surface area contributed by atoms with E-state index in [9.17, 15) is 4.79 Å². The van der Waals surface area contributed by atoms with E-state index in [0.29, 0.717) is 0 Å². The van der Waals surface area contributed by atoms with Crippen LogP contribution in [0.1, 0.15) is 48.8 Å². The maximum Gasteiger partial charge on any atom is 0.252 e. The third-order valence-electron chi connectivity index (χ3n) is 6.23. The molecule has 140 valence electrons. The highest BCUT2D eigenvalue weighted by molar-refractivity contribution is 5.82. The van der Waals surface area contributed by atoms with Gasteiger partial charge >= 0.3 is 0 Å². The van der Waals surface area contributed by atoms with Gasteiger partial charge in [-0.2, -0.15) is 0 Å². The smallest absolute Gasteiger partial charge is 0.252 e. The van der Waals surface area contributed by atoms with Gasteiger partial charge in [-0.05, 0) is 69.3 Å². The summed E-state index contributed by atoms with van der Waals surface area (Å²) < 4.78 is 0. The first-order chi connectivity index (χ1) is 12.6. The Morgan fingerprint density at radius 3 is 2.62 bits per heavy atom. The van der Waals surface area contributed by atoms with Crippen LogP contribution in [0.25, 0.3) is 10.9 Å². The zero-order valence-electron chi connectivity index (χ0n) is 16.2. The average molecular weight is 354 g/mol. The van der Waals surface area contributed by atoms with E-state index in [2.05, 4.69) is 46.8 Å². The van der Waals surface area contributed by atoms with Crippen molar-refractivity contribution in [2.75, 3.05) is 26.2 Å². The van der Waals surface area contributed by atoms with Crippen LogP contribution in [0.15, 0.2) is 23.0 Å². The summed E-state index contributed by atoms with van der Waals surface area (Å²) >= 11 is 0. The molecule has 1 saturated carbocycles. The molecule has 4 nitrogen and oxygen atoms in total. The zero-order valence-corrected chi connectivity index (χ0v) is 16.2. The van der Waals surface area contributed by atoms with Crippen molar-refractivity contribution < 1.29 is 0 Å². The summed E-state index contributed by atoms with van der Waals surface area (Å²) in [5.41, 5.74) is 4.34. The average Bonchev–Trinajstić information content (AvgIpc) is 3.04. The molecular formula is C22H31N3O. The SMILES string of the molecule is Cc1cc(C)c2[nH]c(=O)c(CN3CCCN(C4CCCC4)CC3)cc2c1. The van der Waals surface area contributed by atoms with Gasteiger partial charge in [-0.25, -0.2) is 0 Å². The molecule has 0 bridgehead atoms. The maximum atomic E-state index is 12.6. The van der Waals surface area contributed by atoms with E-state index in [0.717, 1.165) is 54.3 Å². The van der Waals surface area contributed by atoms with E-state index >= 15 is 0 Å². The lowest BCUT2D eigenvalue weighted by Gasteiger charge is -2.27. The van der Waals surface area contributed by atoms with Crippen molar-refractivity contribution in [3.8, 4) is 0 Å². The molecule has 0 atom stereocenters. The molecule has 1 aliphatic heterocycles. The lowest BCUT2D eigenvalue weighted by molar-refractivity contribution is 0.198. The van der Waals surface area contributed by atoms with Crippen LogP contribution < -0.4 is 5.56 Å². The topological polar surface area (TPSA) is 39.3 Å². The molecule has 1 aromatic heterocycles. The highest BCUT2D eigenvalue weighted by atomic mass is 16.1. The van der Waals surface area contributed by atoms with Crippen molar-refractivity contribution in [1.29, 1.82) is 0 Å². The molecule has 0 spiro atoms. The summed E-state index contributed by atoms with van der Waals surface area (Å²) in [6.07, 6.45) is 6.76. The summed E-state index contributed by atoms with van der Waals surface area (Å²) in [6, 6.07) is 7.22. The van der Waals surface area contributed by atoms with E-state index in [-0.39, 0.29) is 5.56 Å². The van der Waals surface area contributed by atoms with Crippen LogP contribution in [0.3, 0.4) is 0 Å². The van der Waals surface area contributed by atoms with Crippen molar-refractivity contribution in [2.24, 2.45) is 0 Å². The fourth-order valence-corrected chi connectivity index (χ4v) is 4.87. The number of hydrogen-bond donors (Lipinski definition) is 1. The zero-order chi connectivity index (χ0) is 18.1. The lowest BCUT2D eigenvalue weighted by Crippen LogP contribution is -2.37. The van der Waals surface area contributed by atoms with E-state index in [4.69, 9.17) is 0 Å². The van der Waals surface area contributed by atoms with E-state index in [1.807, 2.05) is 0 Å². The van der Waals surface area contributed by atoms with E-state index < -0.39 is 0 Å². The van der Waals surface area contributed by atoms with Crippen molar-refractivity contribution in [3.05, 3.63) is 45.2 Å². The summed E-state index contributed by atoms with van der Waals surface area (Å²) in [7, 11) is 0. The number of hydrogen-bond acceptors (Lipinski definition) is 3. The number of aromatic amines is 1. The summed E-state index contributed by atoms with van der Waals surface area (Å²) in [4.78, 5) is 20.9. The van der Waals surface area contributed by atoms with Crippen LogP contribution in [0.2, 0.25) is 0 Å². The van der Waals surface area contributed by atoms with Gasteiger partial charge in [0.15, 0.2) is 0 Å². The molecule has 2 fully saturated rings. The second-order valence-electron chi connectivity index (χ2n) is 8.27. The van der Waals surface area contributed by atoms with Gasteiger partial charge in [-0.3, -0.25) is 14.6 Å². The second kappa shape index (κ2) is 7.53. The summed E-state index contributed by atoms with van der Waals surface area (Å²) in [5, 5.41) is 1.15. The molecule has 1 saturated heterocycles. The minimum atomic E-state index is 0.0707. The molecule has 1 N–H and O–H groups in total. The van der Waals surface area contributed by atoms with Crippen LogP contribution in [0.4, 0.5) is 0 Å². The van der Waals surface area contributed by atoms with Gasteiger partial charge in [0, 0.05) is 31.2 Å². The molecule has 2 aliphatic rings. The quantitative estimate of drug-likeness (QED) is 0.916. The number of aromatic nitrogens is 1. The first kappa shape index (κ1) is 17.7. The number of rotatable bonds is 3. The minimum absolute atomic E-state index is 0.0707. The van der Waals surface area contributed by atoms with Crippen molar-refractivity contribution in [2.45, 2.75) is 58.5 Å². The number of H-pyrrole nitrogens is 1. The van der Waals surface area contributed by atoms with E-state index in [1.54, 1.807) is 0 Å². The fourth-order valence-electron chi connectivity index (χ4n) is 4.87. The third-order valence-corrected chi connectivity index (χ3v) is 6.23. The van der Waals surface area contributed by atoms with Crippen molar-refractivity contribution in [3.63, 3.8) is 0 Å². The van der Waals surface area contributed by atoms with Gasteiger partial charge in [0.2, 0.25) is 0 Å². The summed E-state index contributed by atoms with van der Waals surface area (Å²) in [6.45, 7) is 9.47. The molecule has 1 aliphatic carbocycles. The molecule has 0 radical (unpaired) electrons. The lowest BCUT2D eigenvalue weighted by atomic mass is 10.1. The first-order valence-electron chi connectivity index (χ1n) is 10.2. The standard InChI is InChI=1S/C22H31N3O/c1-16-12-17(2)21-18(13-16)14-19(22(26)23-21)15-24-8-5-9-25(11-10-24)20-6-3-4-7-20/h12-14,20H,3-11,15H2,1-2H3,(H,23,26). The Morgan fingerprint density at radius 1 is 1.00 bits per heavy atom. The molecule has 0 amide bonds. The van der Waals surface area contributed by atoms with Gasteiger partial charge in [-0.15, -0.1) is 0 Å². The van der Waals surface area contributed by atoms with Gasteiger partial charge in [0.1, 0.15) is 0 Å². The number of benzene rings is 1. The number of aryl methyl sites for hydroxylation is 2. The predicted octanol–water partition coefficient (Wildman–Crippen LogP) is 3.60. The molecule has 26 heavy (non-hydrogen) atoms. The van der Waals surface area contributed by atoms with Crippen molar-refractivity contribution in [1.82, 2.24) is 14.8 Å². The van der Waals surface area contributed by atoms with Crippen LogP contribution in [-0.4, -0.2) is 47.0 Å². The highest BCUT2D eigenvalue weighted by Crippen LogP contribution is 2.24. The number of pyridine rings is 1. The van der Waals surface area contributed by atoms with E-state index in [1.165, 1.54) is 44.2 Å². The van der Waals surface area contributed by atoms with Crippen molar-refractivity contribution >= 4 is 10.9 Å². The van der Waals surface area contributed by atoms with Crippen LogP contribution >= 0.6 is 0 Å². The van der Waals surface area contributed by atoms with Crippen LogP contribution in [0.5, 0.6) is 0 Å². The number of nitrogens with zero attached hydrogens (tertiary/aromatic N) is 2. The maximum absolute atomic E-state index is 12.6. The third kappa shape index (κ3) is 3.72. The Bertz CT molecular complexity index is 835. The molecule has 0 unspecified atom stereocenters. The Balaban J connectivity index is 1.50. The van der Waals surface area contributed by atoms with Gasteiger partial charge in [-0.1, -0.05) is 24.5 Å². The Morgan fingerprint density at radius 2 is 1.81 bits per heavy atom. The normalized spacial score (nSPS) is 20.7. The minimum Gasteiger partial charge on any atom is -0.321 e. The fraction of sp³-hybridized carbons (Fsp3) is 0.591. The predicted molar refractivity (Wildman–Crippen MR) is 108 cm³/mol. The Kier molecular flexibility index (Phi) is 5.14. The van der Waals surface area contributed by atoms with Gasteiger partial charge in [0.05, 0.1) is 5.52 Å². The number of nitrogens with one attached hydrogen (secondary N) is 1. The Hall–Kier alpha value is -1.65.